The first kappa shape index (κ1) is 15.0. The van der Waals surface area contributed by atoms with Gasteiger partial charge in [-0.05, 0) is 12.8 Å². The van der Waals surface area contributed by atoms with Crippen LogP contribution in [0.1, 0.15) is 12.8 Å². The SMILES string of the molecule is CNc1cc(N2CCC[C@@H]2CO)nc(N)n1.O=CO. The van der Waals surface area contributed by atoms with Crippen LogP contribution in [-0.2, 0) is 4.79 Å². The van der Waals surface area contributed by atoms with Gasteiger partial charge in [-0.25, -0.2) is 0 Å². The monoisotopic (exact) mass is 269 g/mol. The molecule has 1 aliphatic rings. The van der Waals surface area contributed by atoms with E-state index >= 15 is 0 Å². The Hall–Kier alpha value is -2.09. The fourth-order valence-corrected chi connectivity index (χ4v) is 2.05. The molecule has 2 rings (SSSR count). The van der Waals surface area contributed by atoms with Crippen molar-refractivity contribution in [3.63, 3.8) is 0 Å². The molecule has 0 spiro atoms. The first-order valence-electron chi connectivity index (χ1n) is 5.94. The molecule has 1 aliphatic heterocycles. The van der Waals surface area contributed by atoms with Gasteiger partial charge in [-0.1, -0.05) is 0 Å². The van der Waals surface area contributed by atoms with Gasteiger partial charge in [0.1, 0.15) is 11.6 Å². The van der Waals surface area contributed by atoms with Gasteiger partial charge in [-0.3, -0.25) is 4.79 Å². The maximum absolute atomic E-state index is 9.26. The molecule has 8 nitrogen and oxygen atoms in total. The third-order valence-electron chi connectivity index (χ3n) is 2.87. The lowest BCUT2D eigenvalue weighted by Crippen LogP contribution is -2.33. The van der Waals surface area contributed by atoms with Crippen LogP contribution in [0.5, 0.6) is 0 Å². The molecular formula is C11H19N5O3. The second-order valence-corrected chi connectivity index (χ2v) is 4.00. The Balaban J connectivity index is 0.000000550. The highest BCUT2D eigenvalue weighted by molar-refractivity contribution is 5.53. The number of aliphatic hydroxyl groups is 1. The van der Waals surface area contributed by atoms with Crippen molar-refractivity contribution in [2.24, 2.45) is 0 Å². The molecule has 0 aromatic carbocycles. The molecule has 1 saturated heterocycles. The number of carboxylic acid groups (broad SMARTS) is 1. The van der Waals surface area contributed by atoms with Gasteiger partial charge in [-0.2, -0.15) is 9.97 Å². The number of nitrogens with two attached hydrogens (primary N) is 1. The van der Waals surface area contributed by atoms with Crippen molar-refractivity contribution >= 4 is 24.1 Å². The third-order valence-corrected chi connectivity index (χ3v) is 2.87. The molecule has 2 heterocycles. The summed E-state index contributed by atoms with van der Waals surface area (Å²) in [6.45, 7) is 0.809. The van der Waals surface area contributed by atoms with Crippen molar-refractivity contribution in [1.29, 1.82) is 0 Å². The summed E-state index contributed by atoms with van der Waals surface area (Å²) < 4.78 is 0. The van der Waals surface area contributed by atoms with Crippen LogP contribution in [-0.4, -0.2) is 52.9 Å². The molecule has 0 aliphatic carbocycles. The van der Waals surface area contributed by atoms with E-state index in [0.717, 1.165) is 25.2 Å². The predicted molar refractivity (Wildman–Crippen MR) is 72.1 cm³/mol. The van der Waals surface area contributed by atoms with Gasteiger partial charge in [0.2, 0.25) is 5.95 Å². The van der Waals surface area contributed by atoms with E-state index < -0.39 is 0 Å². The van der Waals surface area contributed by atoms with Crippen molar-refractivity contribution in [1.82, 2.24) is 9.97 Å². The highest BCUT2D eigenvalue weighted by atomic mass is 16.3. The van der Waals surface area contributed by atoms with Crippen LogP contribution in [0, 0.1) is 0 Å². The lowest BCUT2D eigenvalue weighted by atomic mass is 10.2. The maximum atomic E-state index is 9.26. The number of carbonyl (C=O) groups is 1. The average Bonchev–Trinajstić information content (AvgIpc) is 2.87. The zero-order valence-electron chi connectivity index (χ0n) is 10.8. The molecule has 106 valence electrons. The lowest BCUT2D eigenvalue weighted by Gasteiger charge is -2.24. The Morgan fingerprint density at radius 2 is 2.32 bits per heavy atom. The summed E-state index contributed by atoms with van der Waals surface area (Å²) in [4.78, 5) is 18.7. The molecule has 0 radical (unpaired) electrons. The minimum atomic E-state index is -0.250. The van der Waals surface area contributed by atoms with Crippen molar-refractivity contribution in [3.8, 4) is 0 Å². The number of hydrogen-bond donors (Lipinski definition) is 4. The summed E-state index contributed by atoms with van der Waals surface area (Å²) in [6, 6.07) is 2.00. The summed E-state index contributed by atoms with van der Waals surface area (Å²) >= 11 is 0. The fourth-order valence-electron chi connectivity index (χ4n) is 2.05. The molecule has 0 amide bonds. The second-order valence-electron chi connectivity index (χ2n) is 4.00. The van der Waals surface area contributed by atoms with Crippen LogP contribution in [0.2, 0.25) is 0 Å². The van der Waals surface area contributed by atoms with Crippen molar-refractivity contribution in [3.05, 3.63) is 6.07 Å². The summed E-state index contributed by atoms with van der Waals surface area (Å²) in [5, 5.41) is 19.1. The zero-order chi connectivity index (χ0) is 14.3. The molecule has 0 unspecified atom stereocenters. The number of nitrogens with zero attached hydrogens (tertiary/aromatic N) is 3. The molecule has 19 heavy (non-hydrogen) atoms. The smallest absolute Gasteiger partial charge is 0.290 e. The topological polar surface area (TPSA) is 125 Å². The summed E-state index contributed by atoms with van der Waals surface area (Å²) in [7, 11) is 1.79. The number of rotatable bonds is 3. The fraction of sp³-hybridized carbons (Fsp3) is 0.545. The predicted octanol–water partition coefficient (Wildman–Crippen LogP) is -0.238. The number of aromatic nitrogens is 2. The van der Waals surface area contributed by atoms with E-state index in [4.69, 9.17) is 15.6 Å². The number of hydrogen-bond acceptors (Lipinski definition) is 7. The molecule has 1 aromatic heterocycles. The molecule has 1 atom stereocenters. The average molecular weight is 269 g/mol. The molecule has 8 heteroatoms. The highest BCUT2D eigenvalue weighted by Crippen LogP contribution is 2.25. The van der Waals surface area contributed by atoms with Gasteiger partial charge in [0.15, 0.2) is 0 Å². The minimum absolute atomic E-state index is 0.152. The number of nitrogen functional groups attached to an aromatic ring is 1. The zero-order valence-corrected chi connectivity index (χ0v) is 10.8. The van der Waals surface area contributed by atoms with E-state index in [1.54, 1.807) is 7.05 Å². The molecule has 1 fully saturated rings. The Morgan fingerprint density at radius 1 is 1.63 bits per heavy atom. The van der Waals surface area contributed by atoms with E-state index in [1.807, 2.05) is 6.07 Å². The Bertz CT molecular complexity index is 415. The van der Waals surface area contributed by atoms with Crippen molar-refractivity contribution in [2.75, 3.05) is 36.1 Å². The van der Waals surface area contributed by atoms with E-state index in [2.05, 4.69) is 20.2 Å². The first-order chi connectivity index (χ1) is 9.15. The number of aliphatic hydroxyl groups excluding tert-OH is 1. The quantitative estimate of drug-likeness (QED) is 0.554. The van der Waals surface area contributed by atoms with Crippen molar-refractivity contribution < 1.29 is 15.0 Å². The van der Waals surface area contributed by atoms with Crippen LogP contribution in [0.15, 0.2) is 6.07 Å². The maximum Gasteiger partial charge on any atom is 0.290 e. The van der Waals surface area contributed by atoms with Crippen LogP contribution < -0.4 is 16.0 Å². The molecule has 1 aromatic rings. The van der Waals surface area contributed by atoms with Gasteiger partial charge < -0.3 is 26.2 Å². The van der Waals surface area contributed by atoms with E-state index in [-0.39, 0.29) is 25.1 Å². The summed E-state index contributed by atoms with van der Waals surface area (Å²) in [5.74, 6) is 1.74. The first-order valence-corrected chi connectivity index (χ1v) is 5.94. The summed E-state index contributed by atoms with van der Waals surface area (Å²) in [5.41, 5.74) is 5.64. The number of anilines is 3. The van der Waals surface area contributed by atoms with E-state index in [1.165, 1.54) is 0 Å². The summed E-state index contributed by atoms with van der Waals surface area (Å²) in [6.07, 6.45) is 2.07. The van der Waals surface area contributed by atoms with Gasteiger partial charge >= 0.3 is 0 Å². The van der Waals surface area contributed by atoms with Crippen LogP contribution >= 0.6 is 0 Å². The van der Waals surface area contributed by atoms with E-state index in [0.29, 0.717) is 5.82 Å². The van der Waals surface area contributed by atoms with Crippen LogP contribution in [0.3, 0.4) is 0 Å². The van der Waals surface area contributed by atoms with Gasteiger partial charge in [0.25, 0.3) is 6.47 Å². The second kappa shape index (κ2) is 7.37. The van der Waals surface area contributed by atoms with Gasteiger partial charge in [-0.15, -0.1) is 0 Å². The molecule has 0 bridgehead atoms. The third kappa shape index (κ3) is 3.95. The highest BCUT2D eigenvalue weighted by Gasteiger charge is 2.25. The van der Waals surface area contributed by atoms with E-state index in [9.17, 15) is 5.11 Å². The van der Waals surface area contributed by atoms with Crippen molar-refractivity contribution in [2.45, 2.75) is 18.9 Å². The Kier molecular flexibility index (Phi) is 5.80. The molecule has 0 saturated carbocycles. The Morgan fingerprint density at radius 3 is 2.89 bits per heavy atom. The standard InChI is InChI=1S/C10H17N5O.CH2O2/c1-12-8-5-9(14-10(11)13-8)15-4-2-3-7(15)6-16;2-1-3/h5,7,16H,2-4,6H2,1H3,(H3,11,12,13,14);1H,(H,2,3)/t7-;/m1./s1. The minimum Gasteiger partial charge on any atom is -0.483 e. The van der Waals surface area contributed by atoms with Gasteiger partial charge in [0, 0.05) is 19.7 Å². The number of nitrogens with one attached hydrogen (secondary N) is 1. The normalized spacial score (nSPS) is 17.6. The lowest BCUT2D eigenvalue weighted by molar-refractivity contribution is -0.122. The van der Waals surface area contributed by atoms with Crippen LogP contribution in [0.25, 0.3) is 0 Å². The molecule has 5 N–H and O–H groups in total. The van der Waals surface area contributed by atoms with Crippen LogP contribution in [0.4, 0.5) is 17.6 Å². The Labute approximate surface area is 111 Å². The largest absolute Gasteiger partial charge is 0.483 e. The van der Waals surface area contributed by atoms with Gasteiger partial charge in [0.05, 0.1) is 12.6 Å². The molecular weight excluding hydrogens is 250 g/mol.